The van der Waals surface area contributed by atoms with Crippen LogP contribution in [-0.2, 0) is 17.8 Å². The lowest BCUT2D eigenvalue weighted by Crippen LogP contribution is -2.34. The van der Waals surface area contributed by atoms with E-state index < -0.39 is 36.3 Å². The van der Waals surface area contributed by atoms with Crippen LogP contribution in [0, 0.1) is 17.3 Å². The molecule has 7 nitrogen and oxygen atoms in total. The minimum atomic E-state index is -4.55. The number of aryl methyl sites for hydroxylation is 1. The molecule has 39 heavy (non-hydrogen) atoms. The lowest BCUT2D eigenvalue weighted by molar-refractivity contribution is -0.211. The second kappa shape index (κ2) is 12.2. The number of amides is 1. The number of hydrogen-bond acceptors (Lipinski definition) is 5. The first-order chi connectivity index (χ1) is 18.1. The van der Waals surface area contributed by atoms with Gasteiger partial charge in [-0.05, 0) is 45.4 Å². The summed E-state index contributed by atoms with van der Waals surface area (Å²) in [7, 11) is 0. The Balaban J connectivity index is 1.87. The first-order valence-corrected chi connectivity index (χ1v) is 13.1. The smallest absolute Gasteiger partial charge is 0.394 e. The maximum absolute atomic E-state index is 13.4. The van der Waals surface area contributed by atoms with Gasteiger partial charge >= 0.3 is 12.8 Å². The van der Waals surface area contributed by atoms with Gasteiger partial charge in [-0.3, -0.25) is 19.3 Å². The Morgan fingerprint density at radius 3 is 2.38 bits per heavy atom. The third-order valence-electron chi connectivity index (χ3n) is 7.17. The molecule has 2 aromatic heterocycles. The number of ketones is 1. The zero-order valence-electron chi connectivity index (χ0n) is 22.2. The molecule has 0 bridgehead atoms. The molecule has 0 spiro atoms. The molecule has 2 aromatic rings. The second-order valence-corrected chi connectivity index (χ2v) is 10.9. The Hall–Kier alpha value is -2.76. The largest absolute Gasteiger partial charge is 0.434 e. The van der Waals surface area contributed by atoms with E-state index in [4.69, 9.17) is 11.6 Å². The number of carbonyl (C=O) groups is 2. The fourth-order valence-electron chi connectivity index (χ4n) is 4.66. The van der Waals surface area contributed by atoms with E-state index in [-0.39, 0.29) is 51.8 Å². The minimum Gasteiger partial charge on any atom is -0.434 e. The monoisotopic (exact) mass is 578 g/mol. The van der Waals surface area contributed by atoms with Crippen LogP contribution in [-0.4, -0.2) is 45.8 Å². The van der Waals surface area contributed by atoms with E-state index in [2.05, 4.69) is 20.1 Å². The van der Waals surface area contributed by atoms with Crippen molar-refractivity contribution in [3.05, 3.63) is 28.7 Å². The van der Waals surface area contributed by atoms with Crippen molar-refractivity contribution < 1.29 is 36.3 Å². The number of Topliss-reactive ketones (excluding diaryl/α,β-unsaturated/α-hetero) is 1. The number of pyridine rings is 1. The highest BCUT2D eigenvalue weighted by atomic mass is 35.5. The minimum absolute atomic E-state index is 0.0372. The molecule has 0 unspecified atom stereocenters. The van der Waals surface area contributed by atoms with E-state index in [1.165, 1.54) is 4.68 Å². The number of hydrogen-bond donors (Lipinski definition) is 1. The normalized spacial score (nSPS) is 18.3. The number of nitrogens with one attached hydrogen (secondary N) is 1. The van der Waals surface area contributed by atoms with Gasteiger partial charge in [-0.2, -0.15) is 27.1 Å². The number of rotatable bonds is 10. The lowest BCUT2D eigenvalue weighted by Gasteiger charge is -2.27. The average Bonchev–Trinajstić information content (AvgIpc) is 3.17. The molecule has 0 aliphatic heterocycles. The van der Waals surface area contributed by atoms with Crippen molar-refractivity contribution in [2.75, 3.05) is 6.54 Å². The summed E-state index contributed by atoms with van der Waals surface area (Å²) in [5.41, 5.74) is -2.35. The van der Waals surface area contributed by atoms with E-state index in [9.17, 15) is 31.5 Å². The first-order valence-electron chi connectivity index (χ1n) is 12.7. The summed E-state index contributed by atoms with van der Waals surface area (Å²) in [6, 6.07) is 1.02. The Bertz CT molecular complexity index is 1190. The van der Waals surface area contributed by atoms with Crippen LogP contribution in [0.3, 0.4) is 0 Å². The molecule has 1 fully saturated rings. The molecule has 13 heteroatoms. The van der Waals surface area contributed by atoms with E-state index in [0.29, 0.717) is 6.54 Å². The van der Waals surface area contributed by atoms with Gasteiger partial charge in [-0.25, -0.2) is 0 Å². The molecule has 1 aliphatic rings. The Morgan fingerprint density at radius 1 is 1.21 bits per heavy atom. The van der Waals surface area contributed by atoms with Crippen molar-refractivity contribution in [3.63, 3.8) is 0 Å². The van der Waals surface area contributed by atoms with E-state index in [1.807, 2.05) is 0 Å². The van der Waals surface area contributed by atoms with Gasteiger partial charge < -0.3 is 10.1 Å². The van der Waals surface area contributed by atoms with Gasteiger partial charge in [0.15, 0.2) is 5.69 Å². The van der Waals surface area contributed by atoms with Crippen LogP contribution in [0.1, 0.15) is 69.6 Å². The highest BCUT2D eigenvalue weighted by molar-refractivity contribution is 6.36. The van der Waals surface area contributed by atoms with Gasteiger partial charge in [0.05, 0.1) is 21.7 Å². The molecule has 1 saturated carbocycles. The van der Waals surface area contributed by atoms with Crippen LogP contribution in [0.2, 0.25) is 5.02 Å². The number of ether oxygens (including phenoxy) is 1. The van der Waals surface area contributed by atoms with E-state index >= 15 is 0 Å². The molecule has 3 rings (SSSR count). The highest BCUT2D eigenvalue weighted by Crippen LogP contribution is 2.42. The Labute approximate surface area is 228 Å². The van der Waals surface area contributed by atoms with Crippen LogP contribution >= 0.6 is 11.6 Å². The zero-order chi connectivity index (χ0) is 29.1. The zero-order valence-corrected chi connectivity index (χ0v) is 22.9. The maximum atomic E-state index is 13.4. The Morgan fingerprint density at radius 2 is 1.85 bits per heavy atom. The number of halogens is 6. The van der Waals surface area contributed by atoms with Gasteiger partial charge in [-0.15, -0.1) is 0 Å². The van der Waals surface area contributed by atoms with Crippen LogP contribution < -0.4 is 10.1 Å². The molecule has 0 aromatic carbocycles. The summed E-state index contributed by atoms with van der Waals surface area (Å²) in [4.78, 5) is 28.6. The molecule has 0 radical (unpaired) electrons. The van der Waals surface area contributed by atoms with Crippen LogP contribution in [0.15, 0.2) is 12.3 Å². The average molecular weight is 579 g/mol. The maximum Gasteiger partial charge on any atom is 0.394 e. The SMILES string of the molecule is CCn1nc(C(=O)NCC2CCC(C(C)=O)CC2)c(Cl)c1-c1cnc(CC(C)(C)C(F)(F)F)cc1OC(F)F. The number of nitrogens with zero attached hydrogens (tertiary/aromatic N) is 3. The molecule has 1 N–H and O–H groups in total. The molecular weight excluding hydrogens is 547 g/mol. The van der Waals surface area contributed by atoms with Gasteiger partial charge in [0.25, 0.3) is 5.91 Å². The fraction of sp³-hybridized carbons (Fsp3) is 0.615. The number of carbonyl (C=O) groups excluding carboxylic acids is 2. The molecule has 216 valence electrons. The topological polar surface area (TPSA) is 86.1 Å². The van der Waals surface area contributed by atoms with Crippen molar-refractivity contribution in [3.8, 4) is 17.0 Å². The van der Waals surface area contributed by atoms with Crippen LogP contribution in [0.5, 0.6) is 5.75 Å². The first kappa shape index (κ1) is 30.8. The van der Waals surface area contributed by atoms with Crippen LogP contribution in [0.25, 0.3) is 11.3 Å². The molecule has 1 aliphatic carbocycles. The molecule has 0 atom stereocenters. The predicted octanol–water partition coefficient (Wildman–Crippen LogP) is 6.48. The molecule has 1 amide bonds. The molecule has 0 saturated heterocycles. The van der Waals surface area contributed by atoms with Crippen molar-refractivity contribution in [1.29, 1.82) is 0 Å². The fourth-order valence-corrected chi connectivity index (χ4v) is 4.99. The third kappa shape index (κ3) is 7.26. The standard InChI is InChI=1S/C26H32ClF5N4O3/c1-5-36-22(18-13-33-17(10-19(18)39-24(28)29)11-25(3,4)26(30,31)32)20(27)21(35-36)23(38)34-12-15-6-8-16(9-7-15)14(2)37/h10,13,15-16,24H,5-9,11-12H2,1-4H3,(H,34,38). The van der Waals surface area contributed by atoms with Gasteiger partial charge in [-0.1, -0.05) is 25.4 Å². The second-order valence-electron chi connectivity index (χ2n) is 10.5. The third-order valence-corrected chi connectivity index (χ3v) is 7.52. The predicted molar refractivity (Wildman–Crippen MR) is 135 cm³/mol. The van der Waals surface area contributed by atoms with E-state index in [1.54, 1.807) is 13.8 Å². The summed E-state index contributed by atoms with van der Waals surface area (Å²) in [6.07, 6.45) is -0.892. The van der Waals surface area contributed by atoms with Crippen molar-refractivity contribution in [1.82, 2.24) is 20.1 Å². The Kier molecular flexibility index (Phi) is 9.61. The van der Waals surface area contributed by atoms with Crippen molar-refractivity contribution in [2.24, 2.45) is 17.3 Å². The summed E-state index contributed by atoms with van der Waals surface area (Å²) in [6.45, 7) is 2.54. The quantitative estimate of drug-likeness (QED) is 0.326. The summed E-state index contributed by atoms with van der Waals surface area (Å²) >= 11 is 6.53. The van der Waals surface area contributed by atoms with Crippen LogP contribution in [0.4, 0.5) is 22.0 Å². The van der Waals surface area contributed by atoms with Gasteiger partial charge in [0, 0.05) is 43.4 Å². The summed E-state index contributed by atoms with van der Waals surface area (Å²) in [5, 5.41) is 6.93. The van der Waals surface area contributed by atoms with Gasteiger partial charge in [0.2, 0.25) is 0 Å². The van der Waals surface area contributed by atoms with Crippen molar-refractivity contribution >= 4 is 23.3 Å². The van der Waals surface area contributed by atoms with Crippen molar-refractivity contribution in [2.45, 2.75) is 79.1 Å². The van der Waals surface area contributed by atoms with E-state index in [0.717, 1.165) is 51.8 Å². The lowest BCUT2D eigenvalue weighted by atomic mass is 9.80. The number of alkyl halides is 5. The molecular formula is C26H32ClF5N4O3. The number of aromatic nitrogens is 3. The highest BCUT2D eigenvalue weighted by Gasteiger charge is 2.47. The van der Waals surface area contributed by atoms with Gasteiger partial charge in [0.1, 0.15) is 11.5 Å². The summed E-state index contributed by atoms with van der Waals surface area (Å²) < 4.78 is 72.6. The summed E-state index contributed by atoms with van der Waals surface area (Å²) in [5.74, 6) is -0.574. The molecule has 2 heterocycles.